The van der Waals surface area contributed by atoms with E-state index < -0.39 is 0 Å². The van der Waals surface area contributed by atoms with Crippen molar-refractivity contribution < 1.29 is 9.53 Å². The van der Waals surface area contributed by atoms with Gasteiger partial charge in [-0.25, -0.2) is 4.98 Å². The Morgan fingerprint density at radius 3 is 2.43 bits per heavy atom. The first-order chi connectivity index (χ1) is 14.7. The number of nitrogens with zero attached hydrogens (tertiary/aromatic N) is 1. The van der Waals surface area contributed by atoms with Gasteiger partial charge in [-0.3, -0.25) is 4.79 Å². The molecule has 0 saturated heterocycles. The number of carbonyl (C=O) groups is 1. The van der Waals surface area contributed by atoms with Gasteiger partial charge in [-0.15, -0.1) is 0 Å². The van der Waals surface area contributed by atoms with Crippen LogP contribution in [-0.2, 0) is 0 Å². The van der Waals surface area contributed by atoms with Crippen LogP contribution in [0.1, 0.15) is 21.7 Å². The molecule has 3 aromatic carbocycles. The molecule has 30 heavy (non-hydrogen) atoms. The van der Waals surface area contributed by atoms with Crippen molar-refractivity contribution >= 4 is 39.4 Å². The Labute approximate surface area is 173 Å². The van der Waals surface area contributed by atoms with Crippen LogP contribution in [0.15, 0.2) is 79.0 Å². The molecule has 2 aromatic heterocycles. The van der Waals surface area contributed by atoms with E-state index in [4.69, 9.17) is 4.74 Å². The maximum atomic E-state index is 13.5. The summed E-state index contributed by atoms with van der Waals surface area (Å²) in [5.41, 5.74) is 4.73. The number of para-hydroxylation sites is 3. The summed E-state index contributed by atoms with van der Waals surface area (Å²) in [5.74, 6) is 1.14. The SMILES string of the molecule is COc1ccc(C(=O)/C(=C/c2c[nH]c3ccccc23)c2nc3ccccc3[nH]2)cc1. The molecule has 5 heteroatoms. The highest BCUT2D eigenvalue weighted by Crippen LogP contribution is 2.27. The molecule has 146 valence electrons. The molecule has 0 aliphatic carbocycles. The minimum absolute atomic E-state index is 0.109. The van der Waals surface area contributed by atoms with Gasteiger partial charge >= 0.3 is 0 Å². The number of ether oxygens (including phenoxy) is 1. The lowest BCUT2D eigenvalue weighted by Gasteiger charge is -2.06. The van der Waals surface area contributed by atoms with Gasteiger partial charge in [0.2, 0.25) is 0 Å². The number of rotatable bonds is 5. The molecule has 0 radical (unpaired) electrons. The maximum absolute atomic E-state index is 13.5. The number of imidazole rings is 1. The number of methoxy groups -OCH3 is 1. The minimum Gasteiger partial charge on any atom is -0.497 e. The topological polar surface area (TPSA) is 70.8 Å². The van der Waals surface area contributed by atoms with Crippen molar-refractivity contribution in [3.63, 3.8) is 0 Å². The van der Waals surface area contributed by atoms with Crippen LogP contribution in [0, 0.1) is 0 Å². The molecule has 0 aliphatic rings. The van der Waals surface area contributed by atoms with Crippen LogP contribution < -0.4 is 4.74 Å². The third-order valence-electron chi connectivity index (χ3n) is 5.16. The number of aromatic amines is 2. The second kappa shape index (κ2) is 7.37. The fourth-order valence-corrected chi connectivity index (χ4v) is 3.59. The number of H-pyrrole nitrogens is 2. The lowest BCUT2D eigenvalue weighted by atomic mass is 10.00. The fraction of sp³-hybridized carbons (Fsp3) is 0.0400. The largest absolute Gasteiger partial charge is 0.497 e. The summed E-state index contributed by atoms with van der Waals surface area (Å²) in [4.78, 5) is 24.7. The molecule has 0 atom stereocenters. The smallest absolute Gasteiger partial charge is 0.196 e. The predicted molar refractivity (Wildman–Crippen MR) is 120 cm³/mol. The van der Waals surface area contributed by atoms with Crippen molar-refractivity contribution in [2.45, 2.75) is 0 Å². The standard InChI is InChI=1S/C25H19N3O2/c1-30-18-12-10-16(11-13-18)24(29)20(25-27-22-8-4-5-9-23(22)28-25)14-17-15-26-21-7-3-2-6-19(17)21/h2-15,26H,1H3,(H,27,28)/b20-14-. The van der Waals surface area contributed by atoms with Gasteiger partial charge < -0.3 is 14.7 Å². The van der Waals surface area contributed by atoms with Crippen LogP contribution in [0.3, 0.4) is 0 Å². The molecule has 0 amide bonds. The van der Waals surface area contributed by atoms with Gasteiger partial charge in [-0.2, -0.15) is 0 Å². The summed E-state index contributed by atoms with van der Waals surface area (Å²) in [5, 5.41) is 1.05. The van der Waals surface area contributed by atoms with Crippen LogP contribution in [0.25, 0.3) is 33.6 Å². The molecule has 5 aromatic rings. The van der Waals surface area contributed by atoms with Crippen LogP contribution in [0.4, 0.5) is 0 Å². The Balaban J connectivity index is 1.67. The molecule has 2 N–H and O–H groups in total. The Morgan fingerprint density at radius 2 is 1.67 bits per heavy atom. The molecule has 0 saturated carbocycles. The van der Waals surface area contributed by atoms with E-state index in [1.807, 2.05) is 60.8 Å². The first-order valence-electron chi connectivity index (χ1n) is 9.64. The molecule has 0 bridgehead atoms. The average Bonchev–Trinajstić information content (AvgIpc) is 3.41. The van der Waals surface area contributed by atoms with E-state index in [9.17, 15) is 4.79 Å². The molecule has 5 rings (SSSR count). The Morgan fingerprint density at radius 1 is 0.933 bits per heavy atom. The number of allylic oxidation sites excluding steroid dienone is 1. The summed E-state index contributed by atoms with van der Waals surface area (Å²) in [6.07, 6.45) is 3.80. The molecule has 2 heterocycles. The number of nitrogens with one attached hydrogen (secondary N) is 2. The Kier molecular flexibility index (Phi) is 4.41. The molecule has 5 nitrogen and oxygen atoms in total. The van der Waals surface area contributed by atoms with E-state index in [0.717, 1.165) is 27.5 Å². The van der Waals surface area contributed by atoms with E-state index in [0.29, 0.717) is 22.7 Å². The number of fused-ring (bicyclic) bond motifs is 2. The van der Waals surface area contributed by atoms with Crippen molar-refractivity contribution in [3.05, 3.63) is 95.9 Å². The van der Waals surface area contributed by atoms with Crippen molar-refractivity contribution in [2.75, 3.05) is 7.11 Å². The van der Waals surface area contributed by atoms with Crippen LogP contribution >= 0.6 is 0 Å². The quantitative estimate of drug-likeness (QED) is 0.307. The van der Waals surface area contributed by atoms with E-state index in [-0.39, 0.29) is 5.78 Å². The van der Waals surface area contributed by atoms with Crippen molar-refractivity contribution in [1.82, 2.24) is 15.0 Å². The van der Waals surface area contributed by atoms with Gasteiger partial charge in [0.25, 0.3) is 0 Å². The van der Waals surface area contributed by atoms with E-state index in [1.54, 1.807) is 31.4 Å². The average molecular weight is 393 g/mol. The highest BCUT2D eigenvalue weighted by atomic mass is 16.5. The number of Topliss-reactive ketones (excluding diaryl/α,β-unsaturated/α-hetero) is 1. The molecular formula is C25H19N3O2. The third kappa shape index (κ3) is 3.16. The zero-order chi connectivity index (χ0) is 20.5. The number of benzene rings is 3. The lowest BCUT2D eigenvalue weighted by Crippen LogP contribution is -2.04. The fourth-order valence-electron chi connectivity index (χ4n) is 3.59. The molecule has 0 aliphatic heterocycles. The number of hydrogen-bond donors (Lipinski definition) is 2. The van der Waals surface area contributed by atoms with Crippen LogP contribution in [0.5, 0.6) is 5.75 Å². The molecule has 0 fully saturated rings. The lowest BCUT2D eigenvalue weighted by molar-refractivity contribution is 0.105. The maximum Gasteiger partial charge on any atom is 0.196 e. The van der Waals surface area contributed by atoms with Crippen molar-refractivity contribution in [3.8, 4) is 5.75 Å². The zero-order valence-corrected chi connectivity index (χ0v) is 16.3. The van der Waals surface area contributed by atoms with Crippen molar-refractivity contribution in [1.29, 1.82) is 0 Å². The molecule has 0 unspecified atom stereocenters. The van der Waals surface area contributed by atoms with Crippen LogP contribution in [-0.4, -0.2) is 27.8 Å². The van der Waals surface area contributed by atoms with Gasteiger partial charge in [-0.1, -0.05) is 30.3 Å². The highest BCUT2D eigenvalue weighted by Gasteiger charge is 2.19. The summed E-state index contributed by atoms with van der Waals surface area (Å²) >= 11 is 0. The van der Waals surface area contributed by atoms with E-state index in [1.165, 1.54) is 0 Å². The Hall–Kier alpha value is -4.12. The van der Waals surface area contributed by atoms with Crippen molar-refractivity contribution in [2.24, 2.45) is 0 Å². The summed E-state index contributed by atoms with van der Waals surface area (Å²) in [6, 6.07) is 22.9. The first-order valence-corrected chi connectivity index (χ1v) is 9.64. The van der Waals surface area contributed by atoms with Gasteiger partial charge in [0.05, 0.1) is 23.7 Å². The monoisotopic (exact) mass is 393 g/mol. The summed E-state index contributed by atoms with van der Waals surface area (Å²) in [6.45, 7) is 0. The van der Waals surface area contributed by atoms with Gasteiger partial charge in [-0.05, 0) is 48.5 Å². The third-order valence-corrected chi connectivity index (χ3v) is 5.16. The minimum atomic E-state index is -0.109. The highest BCUT2D eigenvalue weighted by molar-refractivity contribution is 6.32. The summed E-state index contributed by atoms with van der Waals surface area (Å²) in [7, 11) is 1.60. The first kappa shape index (κ1) is 17.9. The van der Waals surface area contributed by atoms with Gasteiger partial charge in [0.1, 0.15) is 11.6 Å². The van der Waals surface area contributed by atoms with Gasteiger partial charge in [0, 0.05) is 28.2 Å². The second-order valence-electron chi connectivity index (χ2n) is 7.01. The number of carbonyl (C=O) groups excluding carboxylic acids is 1. The van der Waals surface area contributed by atoms with Gasteiger partial charge in [0.15, 0.2) is 5.78 Å². The van der Waals surface area contributed by atoms with Crippen LogP contribution in [0.2, 0.25) is 0 Å². The molecular weight excluding hydrogens is 374 g/mol. The van der Waals surface area contributed by atoms with E-state index in [2.05, 4.69) is 15.0 Å². The van der Waals surface area contributed by atoms with E-state index >= 15 is 0 Å². The zero-order valence-electron chi connectivity index (χ0n) is 16.3. The Bertz CT molecular complexity index is 1360. The predicted octanol–water partition coefficient (Wildman–Crippen LogP) is 5.48. The number of hydrogen-bond acceptors (Lipinski definition) is 3. The molecule has 0 spiro atoms. The number of ketones is 1. The number of aromatic nitrogens is 3. The normalized spacial score (nSPS) is 11.8. The summed E-state index contributed by atoms with van der Waals surface area (Å²) < 4.78 is 5.22. The second-order valence-corrected chi connectivity index (χ2v) is 7.01.